The number of carbonyl (C=O) groups is 6. The van der Waals surface area contributed by atoms with Gasteiger partial charge in [-0.05, 0) is 43.9 Å². The van der Waals surface area contributed by atoms with E-state index in [2.05, 4.69) is 25.9 Å². The van der Waals surface area contributed by atoms with E-state index < -0.39 is 23.9 Å². The van der Waals surface area contributed by atoms with Crippen molar-refractivity contribution in [3.8, 4) is 11.6 Å². The molecule has 2 aromatic heterocycles. The molecule has 1 aliphatic heterocycles. The fraction of sp³-hybridized carbons (Fsp3) is 0.310. The van der Waals surface area contributed by atoms with Crippen molar-refractivity contribution in [1.82, 2.24) is 15.3 Å². The zero-order valence-corrected chi connectivity index (χ0v) is 24.7. The Morgan fingerprint density at radius 1 is 0.979 bits per heavy atom. The van der Waals surface area contributed by atoms with Gasteiger partial charge < -0.3 is 45.9 Å². The molecule has 5 rings (SSSR count). The molecule has 0 spiro atoms. The lowest BCUT2D eigenvalue weighted by atomic mass is 9.85. The number of carbonyl (C=O) groups excluding carboxylic acids is 2. The van der Waals surface area contributed by atoms with Crippen LogP contribution in [0.2, 0.25) is 0 Å². The van der Waals surface area contributed by atoms with Crippen LogP contribution in [-0.4, -0.2) is 85.8 Å². The molecule has 0 saturated heterocycles. The third-order valence-electron chi connectivity index (χ3n) is 6.85. The average molecular weight is 660 g/mol. The largest absolute Gasteiger partial charge is 0.481 e. The van der Waals surface area contributed by atoms with E-state index in [0.717, 1.165) is 25.7 Å². The van der Waals surface area contributed by atoms with Gasteiger partial charge in [0.25, 0.3) is 5.91 Å². The molecule has 250 valence electrons. The predicted octanol–water partition coefficient (Wildman–Crippen LogP) is 1.71. The number of halogens is 1. The number of methoxy groups -OCH3 is 1. The van der Waals surface area contributed by atoms with Gasteiger partial charge in [-0.1, -0.05) is 0 Å². The van der Waals surface area contributed by atoms with Crippen LogP contribution in [0.5, 0.6) is 11.6 Å². The minimum atomic E-state index is -1.82. The Kier molecular flexibility index (Phi) is 12.4. The van der Waals surface area contributed by atoms with Gasteiger partial charge in [0.05, 0.1) is 24.0 Å². The van der Waals surface area contributed by atoms with Crippen LogP contribution in [0.1, 0.15) is 31.2 Å². The van der Waals surface area contributed by atoms with E-state index in [1.54, 1.807) is 37.6 Å². The number of ether oxygens (including phenoxy) is 2. The second-order valence-electron chi connectivity index (χ2n) is 10.00. The molecule has 1 fully saturated rings. The number of nitrogens with one attached hydrogen (secondary N) is 3. The normalized spacial score (nSPS) is 16.3. The average Bonchev–Trinajstić information content (AvgIpc) is 3.04. The molecule has 3 aromatic rings. The van der Waals surface area contributed by atoms with Gasteiger partial charge >= 0.3 is 23.9 Å². The number of benzene rings is 1. The highest BCUT2D eigenvalue weighted by Crippen LogP contribution is 2.31. The summed E-state index contributed by atoms with van der Waals surface area (Å²) in [5.41, 5.74) is 2.82. The summed E-state index contributed by atoms with van der Waals surface area (Å²) in [7, 11) is 1.54. The fourth-order valence-corrected chi connectivity index (χ4v) is 4.55. The van der Waals surface area contributed by atoms with E-state index >= 15 is 0 Å². The van der Waals surface area contributed by atoms with Crippen molar-refractivity contribution >= 4 is 58.1 Å². The van der Waals surface area contributed by atoms with Crippen LogP contribution in [-0.2, 0) is 35.3 Å². The molecular weight excluding hydrogens is 629 g/mol. The highest BCUT2D eigenvalue weighted by Gasteiger charge is 2.27. The molecule has 7 N–H and O–H groups in total. The summed E-state index contributed by atoms with van der Waals surface area (Å²) in [5, 5.41) is 38.7. The first-order valence-corrected chi connectivity index (χ1v) is 13.8. The number of anilines is 2. The molecule has 1 aliphatic carbocycles. The molecule has 18 heteroatoms. The number of hydrogen-bond acceptors (Lipinski definition) is 11. The number of hydrogen-bond donors (Lipinski definition) is 7. The second-order valence-corrected chi connectivity index (χ2v) is 10.00. The van der Waals surface area contributed by atoms with Gasteiger partial charge in [-0.15, -0.1) is 0 Å². The van der Waals surface area contributed by atoms with Gasteiger partial charge in [-0.2, -0.15) is 0 Å². The van der Waals surface area contributed by atoms with Gasteiger partial charge in [0.15, 0.2) is 6.61 Å². The summed E-state index contributed by atoms with van der Waals surface area (Å²) < 4.78 is 24.9. The van der Waals surface area contributed by atoms with Gasteiger partial charge in [0, 0.05) is 42.4 Å². The summed E-state index contributed by atoms with van der Waals surface area (Å²) >= 11 is 0. The van der Waals surface area contributed by atoms with Crippen LogP contribution in [0.3, 0.4) is 0 Å². The van der Waals surface area contributed by atoms with Crippen LogP contribution in [0.15, 0.2) is 36.5 Å². The third kappa shape index (κ3) is 10.3. The summed E-state index contributed by atoms with van der Waals surface area (Å²) in [5.74, 6) is -7.29. The topological polar surface area (TPSA) is 264 Å². The minimum Gasteiger partial charge on any atom is -0.481 e. The number of carboxylic acids is 4. The number of carboxylic acid groups (broad SMARTS) is 4. The molecule has 2 aliphatic rings. The molecule has 47 heavy (non-hydrogen) atoms. The van der Waals surface area contributed by atoms with Gasteiger partial charge in [-0.25, -0.2) is 28.6 Å². The number of fused-ring (bicyclic) bond motifs is 2. The Morgan fingerprint density at radius 3 is 2.21 bits per heavy atom. The molecule has 0 radical (unpaired) electrons. The van der Waals surface area contributed by atoms with E-state index in [9.17, 15) is 14.0 Å². The molecule has 3 heterocycles. The van der Waals surface area contributed by atoms with E-state index in [0.29, 0.717) is 46.1 Å². The number of pyridine rings is 2. The van der Waals surface area contributed by atoms with Crippen molar-refractivity contribution in [1.29, 1.82) is 0 Å². The van der Waals surface area contributed by atoms with Crippen molar-refractivity contribution in [3.05, 3.63) is 47.9 Å². The van der Waals surface area contributed by atoms with E-state index in [4.69, 9.17) is 49.1 Å². The van der Waals surface area contributed by atoms with Crippen molar-refractivity contribution in [2.45, 2.75) is 38.3 Å². The maximum Gasteiger partial charge on any atom is 0.414 e. The van der Waals surface area contributed by atoms with Crippen LogP contribution >= 0.6 is 0 Å². The van der Waals surface area contributed by atoms with Crippen LogP contribution in [0.25, 0.3) is 11.0 Å². The summed E-state index contributed by atoms with van der Waals surface area (Å²) in [6, 6.07) is 8.36. The minimum absolute atomic E-state index is 0.0444. The van der Waals surface area contributed by atoms with Crippen LogP contribution in [0, 0.1) is 11.7 Å². The molecule has 1 aromatic carbocycles. The van der Waals surface area contributed by atoms with Crippen LogP contribution in [0.4, 0.5) is 15.8 Å². The lowest BCUT2D eigenvalue weighted by molar-refractivity contribution is -0.159. The first-order chi connectivity index (χ1) is 22.3. The smallest absolute Gasteiger partial charge is 0.414 e. The maximum absolute atomic E-state index is 14.5. The molecular formula is C29H30FN5O12. The number of aromatic nitrogens is 2. The maximum atomic E-state index is 14.5. The Labute approximate surface area is 264 Å². The third-order valence-corrected chi connectivity index (χ3v) is 6.85. The van der Waals surface area contributed by atoms with E-state index in [1.165, 1.54) is 6.07 Å². The molecule has 1 saturated carbocycles. The van der Waals surface area contributed by atoms with Crippen molar-refractivity contribution in [2.24, 2.45) is 5.92 Å². The highest BCUT2D eigenvalue weighted by atomic mass is 19.1. The Hall–Kier alpha value is -5.91. The molecule has 0 bridgehead atoms. The van der Waals surface area contributed by atoms with E-state index in [-0.39, 0.29) is 36.2 Å². The summed E-state index contributed by atoms with van der Waals surface area (Å²) in [6.07, 6.45) is 4.69. The lowest BCUT2D eigenvalue weighted by Crippen LogP contribution is -2.36. The number of amides is 2. The Morgan fingerprint density at radius 2 is 1.62 bits per heavy atom. The van der Waals surface area contributed by atoms with Gasteiger partial charge in [0.2, 0.25) is 11.8 Å². The second kappa shape index (κ2) is 16.4. The summed E-state index contributed by atoms with van der Waals surface area (Å²) in [4.78, 5) is 69.6. The standard InChI is InChI=1S/C25H26FN5O4.2C2H2O4/c1-34-23-7-6-18-24(31-23)19(8-9-27-18)30-25(33)14-2-4-16(5-3-14)28-12-15-10-20-21(11-17(15)26)35-13-22(32)29-20;2*3-1(4)2(5)6/h6-11,14,16,28H,2-5,12-13H2,1H3,(H,29,32)(H,27,30,33);2*(H,3,4)(H,5,6). The molecule has 2 amide bonds. The van der Waals surface area contributed by atoms with Crippen molar-refractivity contribution in [2.75, 3.05) is 24.4 Å². The Balaban J connectivity index is 0.000000428. The zero-order valence-electron chi connectivity index (χ0n) is 24.7. The fourth-order valence-electron chi connectivity index (χ4n) is 4.55. The Bertz CT molecular complexity index is 1630. The quantitative estimate of drug-likeness (QED) is 0.186. The lowest BCUT2D eigenvalue weighted by Gasteiger charge is -2.29. The SMILES string of the molecule is COc1ccc2nccc(NC(=O)C3CCC(NCc4cc5c(cc4F)OCC(=O)N5)CC3)c2n1.O=C(O)C(=O)O.O=C(O)C(=O)O. The van der Waals surface area contributed by atoms with Gasteiger partial charge in [0.1, 0.15) is 17.1 Å². The summed E-state index contributed by atoms with van der Waals surface area (Å²) in [6.45, 7) is 0.218. The number of rotatable bonds is 6. The predicted molar refractivity (Wildman–Crippen MR) is 158 cm³/mol. The first kappa shape index (κ1) is 35.6. The monoisotopic (exact) mass is 659 g/mol. The van der Waals surface area contributed by atoms with Crippen LogP contribution < -0.4 is 25.4 Å². The first-order valence-electron chi connectivity index (χ1n) is 13.8. The van der Waals surface area contributed by atoms with E-state index in [1.807, 2.05) is 0 Å². The molecule has 0 unspecified atom stereocenters. The number of aliphatic carboxylic acids is 4. The van der Waals surface area contributed by atoms with Crippen molar-refractivity contribution in [3.63, 3.8) is 0 Å². The zero-order chi connectivity index (χ0) is 34.7. The molecule has 0 atom stereocenters. The van der Waals surface area contributed by atoms with Gasteiger partial charge in [-0.3, -0.25) is 14.6 Å². The number of nitrogens with zero attached hydrogens (tertiary/aromatic N) is 2. The molecule has 17 nitrogen and oxygen atoms in total. The highest BCUT2D eigenvalue weighted by molar-refractivity contribution is 6.27. The van der Waals surface area contributed by atoms with Crippen molar-refractivity contribution < 1.29 is 63.1 Å².